The lowest BCUT2D eigenvalue weighted by Gasteiger charge is -2.14. The zero-order valence-electron chi connectivity index (χ0n) is 10.3. The van der Waals surface area contributed by atoms with Crippen LogP contribution in [0.4, 0.5) is 4.39 Å². The molecule has 1 atom stereocenters. The largest absolute Gasteiger partial charge is 0.508 e. The van der Waals surface area contributed by atoms with Gasteiger partial charge in [0.2, 0.25) is 0 Å². The fourth-order valence-electron chi connectivity index (χ4n) is 1.71. The molecular weight excluding hydrogens is 251 g/mol. The summed E-state index contributed by atoms with van der Waals surface area (Å²) in [5, 5.41) is 15.9. The number of aryl methyl sites for hydroxylation is 1. The highest BCUT2D eigenvalue weighted by Gasteiger charge is 2.11. The van der Waals surface area contributed by atoms with E-state index in [0.717, 1.165) is 10.7 Å². The van der Waals surface area contributed by atoms with Crippen molar-refractivity contribution in [1.29, 1.82) is 0 Å². The summed E-state index contributed by atoms with van der Waals surface area (Å²) in [6, 6.07) is 3.83. The van der Waals surface area contributed by atoms with E-state index in [-0.39, 0.29) is 17.6 Å². The van der Waals surface area contributed by atoms with Gasteiger partial charge in [-0.3, -0.25) is 0 Å². The average Bonchev–Trinajstić information content (AvgIpc) is 2.75. The van der Waals surface area contributed by atoms with Gasteiger partial charge in [0, 0.05) is 29.2 Å². The number of nitrogens with one attached hydrogen (secondary N) is 1. The molecule has 1 heterocycles. The van der Waals surface area contributed by atoms with E-state index in [4.69, 9.17) is 0 Å². The maximum absolute atomic E-state index is 13.1. The predicted octanol–water partition coefficient (Wildman–Crippen LogP) is 3.15. The highest BCUT2D eigenvalue weighted by molar-refractivity contribution is 7.09. The van der Waals surface area contributed by atoms with Gasteiger partial charge in [-0.15, -0.1) is 11.3 Å². The van der Waals surface area contributed by atoms with Crippen LogP contribution in [0.2, 0.25) is 0 Å². The van der Waals surface area contributed by atoms with E-state index in [1.807, 2.05) is 19.2 Å². The first-order valence-electron chi connectivity index (χ1n) is 5.69. The highest BCUT2D eigenvalue weighted by atomic mass is 32.1. The third-order valence-electron chi connectivity index (χ3n) is 2.68. The van der Waals surface area contributed by atoms with Gasteiger partial charge in [-0.1, -0.05) is 0 Å². The Morgan fingerprint density at radius 1 is 1.50 bits per heavy atom. The summed E-state index contributed by atoms with van der Waals surface area (Å²) in [6.07, 6.45) is 0. The Hall–Kier alpha value is -1.46. The third-order valence-corrected chi connectivity index (χ3v) is 3.65. The summed E-state index contributed by atoms with van der Waals surface area (Å²) >= 11 is 1.58. The standard InChI is InChI=1S/C13H15FN2OS/c1-8-7-18-13(16-8)6-15-9(2)11-5-10(14)3-4-12(11)17/h3-5,7,9,15,17H,6H2,1-2H3. The number of hydrogen-bond acceptors (Lipinski definition) is 4. The maximum Gasteiger partial charge on any atom is 0.123 e. The summed E-state index contributed by atoms with van der Waals surface area (Å²) < 4.78 is 13.1. The molecule has 96 valence electrons. The van der Waals surface area contributed by atoms with Gasteiger partial charge in [0.25, 0.3) is 0 Å². The van der Waals surface area contributed by atoms with Crippen LogP contribution in [-0.4, -0.2) is 10.1 Å². The molecule has 0 radical (unpaired) electrons. The van der Waals surface area contributed by atoms with Crippen molar-refractivity contribution in [3.63, 3.8) is 0 Å². The number of halogens is 1. The minimum Gasteiger partial charge on any atom is -0.508 e. The Morgan fingerprint density at radius 2 is 2.28 bits per heavy atom. The molecular formula is C13H15FN2OS. The number of hydrogen-bond donors (Lipinski definition) is 2. The fourth-order valence-corrected chi connectivity index (χ4v) is 2.43. The molecule has 2 aromatic rings. The summed E-state index contributed by atoms with van der Waals surface area (Å²) in [4.78, 5) is 4.34. The monoisotopic (exact) mass is 266 g/mol. The van der Waals surface area contributed by atoms with Crippen molar-refractivity contribution in [3.05, 3.63) is 45.7 Å². The molecule has 0 saturated heterocycles. The second-order valence-electron chi connectivity index (χ2n) is 4.19. The number of nitrogens with zero attached hydrogens (tertiary/aromatic N) is 1. The van der Waals surface area contributed by atoms with Crippen molar-refractivity contribution >= 4 is 11.3 Å². The molecule has 2 rings (SSSR count). The van der Waals surface area contributed by atoms with Crippen molar-refractivity contribution in [1.82, 2.24) is 10.3 Å². The number of phenols is 1. The lowest BCUT2D eigenvalue weighted by molar-refractivity contribution is 0.449. The lowest BCUT2D eigenvalue weighted by atomic mass is 10.1. The van der Waals surface area contributed by atoms with E-state index >= 15 is 0 Å². The SMILES string of the molecule is Cc1csc(CNC(C)c2cc(F)ccc2O)n1. The molecule has 0 aliphatic heterocycles. The van der Waals surface area contributed by atoms with Crippen molar-refractivity contribution in [2.75, 3.05) is 0 Å². The van der Waals surface area contributed by atoms with Crippen molar-refractivity contribution in [2.24, 2.45) is 0 Å². The number of benzene rings is 1. The van der Waals surface area contributed by atoms with Gasteiger partial charge in [-0.2, -0.15) is 0 Å². The Kier molecular flexibility index (Phi) is 3.93. The molecule has 0 saturated carbocycles. The van der Waals surface area contributed by atoms with Crippen LogP contribution in [0.5, 0.6) is 5.75 Å². The van der Waals surface area contributed by atoms with E-state index < -0.39 is 0 Å². The van der Waals surface area contributed by atoms with Crippen LogP contribution < -0.4 is 5.32 Å². The quantitative estimate of drug-likeness (QED) is 0.893. The summed E-state index contributed by atoms with van der Waals surface area (Å²) in [5.74, 6) is -0.242. The first-order chi connectivity index (χ1) is 8.56. The van der Waals surface area contributed by atoms with Crippen LogP contribution in [0.3, 0.4) is 0 Å². The number of rotatable bonds is 4. The molecule has 0 amide bonds. The minimum atomic E-state index is -0.346. The van der Waals surface area contributed by atoms with Gasteiger partial charge in [-0.05, 0) is 32.0 Å². The Balaban J connectivity index is 2.03. The van der Waals surface area contributed by atoms with Crippen LogP contribution in [0, 0.1) is 12.7 Å². The molecule has 18 heavy (non-hydrogen) atoms. The molecule has 0 bridgehead atoms. The van der Waals surface area contributed by atoms with Gasteiger partial charge < -0.3 is 10.4 Å². The molecule has 0 aliphatic rings. The summed E-state index contributed by atoms with van der Waals surface area (Å²) in [6.45, 7) is 4.44. The third kappa shape index (κ3) is 3.05. The van der Waals surface area contributed by atoms with E-state index in [9.17, 15) is 9.50 Å². The number of aromatic hydroxyl groups is 1. The highest BCUT2D eigenvalue weighted by Crippen LogP contribution is 2.25. The Morgan fingerprint density at radius 3 is 2.94 bits per heavy atom. The molecule has 0 spiro atoms. The maximum atomic E-state index is 13.1. The first-order valence-corrected chi connectivity index (χ1v) is 6.57. The average molecular weight is 266 g/mol. The molecule has 2 N–H and O–H groups in total. The molecule has 1 aromatic heterocycles. The zero-order valence-corrected chi connectivity index (χ0v) is 11.1. The Labute approximate surface area is 109 Å². The normalized spacial score (nSPS) is 12.6. The van der Waals surface area contributed by atoms with Crippen molar-refractivity contribution < 1.29 is 9.50 Å². The van der Waals surface area contributed by atoms with Crippen LogP contribution >= 0.6 is 11.3 Å². The molecule has 5 heteroatoms. The van der Waals surface area contributed by atoms with Gasteiger partial charge in [0.15, 0.2) is 0 Å². The topological polar surface area (TPSA) is 45.1 Å². The van der Waals surface area contributed by atoms with Crippen LogP contribution in [0.25, 0.3) is 0 Å². The van der Waals surface area contributed by atoms with E-state index in [0.29, 0.717) is 12.1 Å². The van der Waals surface area contributed by atoms with Crippen molar-refractivity contribution in [2.45, 2.75) is 26.4 Å². The van der Waals surface area contributed by atoms with E-state index in [1.54, 1.807) is 11.3 Å². The van der Waals surface area contributed by atoms with Crippen LogP contribution in [-0.2, 0) is 6.54 Å². The molecule has 1 unspecified atom stereocenters. The van der Waals surface area contributed by atoms with Gasteiger partial charge >= 0.3 is 0 Å². The summed E-state index contributed by atoms with van der Waals surface area (Å²) in [7, 11) is 0. The smallest absolute Gasteiger partial charge is 0.123 e. The minimum absolute atomic E-state index is 0.103. The predicted molar refractivity (Wildman–Crippen MR) is 70.2 cm³/mol. The van der Waals surface area contributed by atoms with E-state index in [1.165, 1.54) is 18.2 Å². The van der Waals surface area contributed by atoms with Crippen molar-refractivity contribution in [3.8, 4) is 5.75 Å². The fraction of sp³-hybridized carbons (Fsp3) is 0.308. The molecule has 0 fully saturated rings. The van der Waals surface area contributed by atoms with E-state index in [2.05, 4.69) is 10.3 Å². The van der Waals surface area contributed by atoms with Gasteiger partial charge in [0.1, 0.15) is 16.6 Å². The second-order valence-corrected chi connectivity index (χ2v) is 5.13. The number of thiazole rings is 1. The Bertz CT molecular complexity index is 542. The number of aromatic nitrogens is 1. The zero-order chi connectivity index (χ0) is 13.1. The molecule has 3 nitrogen and oxygen atoms in total. The first kappa shape index (κ1) is 13.0. The summed E-state index contributed by atoms with van der Waals surface area (Å²) in [5.41, 5.74) is 1.56. The molecule has 1 aromatic carbocycles. The second kappa shape index (κ2) is 5.46. The van der Waals surface area contributed by atoms with Crippen LogP contribution in [0.15, 0.2) is 23.6 Å². The van der Waals surface area contributed by atoms with Gasteiger partial charge in [0.05, 0.1) is 0 Å². The lowest BCUT2D eigenvalue weighted by Crippen LogP contribution is -2.18. The molecule has 0 aliphatic carbocycles. The van der Waals surface area contributed by atoms with Crippen LogP contribution in [0.1, 0.15) is 29.2 Å². The number of phenolic OH excluding ortho intramolecular Hbond substituents is 1. The van der Waals surface area contributed by atoms with Gasteiger partial charge in [-0.25, -0.2) is 9.37 Å².